The summed E-state index contributed by atoms with van der Waals surface area (Å²) in [5.74, 6) is 0.548. The molecule has 32 heavy (non-hydrogen) atoms. The number of fused-ring (bicyclic) bond motifs is 3. The number of imidazole rings is 1. The Morgan fingerprint density at radius 3 is 2.31 bits per heavy atom. The molecule has 0 saturated carbocycles. The molecule has 2 aromatic carbocycles. The maximum atomic E-state index is 13.5. The molecule has 5 rings (SSSR count). The number of anilines is 1. The van der Waals surface area contributed by atoms with Crippen molar-refractivity contribution in [2.24, 2.45) is 5.10 Å². The summed E-state index contributed by atoms with van der Waals surface area (Å²) in [6.07, 6.45) is 0.684. The van der Waals surface area contributed by atoms with Gasteiger partial charge in [-0.05, 0) is 17.5 Å². The fraction of sp³-hybridized carbons (Fsp3) is 0.250. The molecule has 8 heteroatoms. The monoisotopic (exact) mass is 428 g/mol. The lowest BCUT2D eigenvalue weighted by Crippen LogP contribution is -2.41. The normalized spacial score (nSPS) is 13.3. The van der Waals surface area contributed by atoms with Crippen molar-refractivity contribution in [2.75, 3.05) is 12.1 Å². The van der Waals surface area contributed by atoms with E-state index in [0.717, 1.165) is 16.8 Å². The molecule has 0 N–H and O–H groups in total. The molecule has 3 heterocycles. The Bertz CT molecular complexity index is 1430. The van der Waals surface area contributed by atoms with Gasteiger partial charge in [0, 0.05) is 13.6 Å². The summed E-state index contributed by atoms with van der Waals surface area (Å²) in [5.41, 5.74) is 2.97. The van der Waals surface area contributed by atoms with Crippen molar-refractivity contribution in [3.05, 3.63) is 92.6 Å². The minimum absolute atomic E-state index is 0.308. The molecule has 2 aromatic heterocycles. The summed E-state index contributed by atoms with van der Waals surface area (Å²) >= 11 is 0. The van der Waals surface area contributed by atoms with Crippen LogP contribution in [0.3, 0.4) is 0 Å². The van der Waals surface area contributed by atoms with Gasteiger partial charge in [-0.2, -0.15) is 10.1 Å². The molecule has 0 amide bonds. The van der Waals surface area contributed by atoms with Crippen molar-refractivity contribution in [2.45, 2.75) is 33.0 Å². The molecule has 1 aliphatic rings. The van der Waals surface area contributed by atoms with Gasteiger partial charge in [-0.3, -0.25) is 18.5 Å². The van der Waals surface area contributed by atoms with Gasteiger partial charge in [0.25, 0.3) is 5.56 Å². The molecule has 0 radical (unpaired) electrons. The Kier molecular flexibility index (Phi) is 4.97. The first-order chi connectivity index (χ1) is 15.6. The minimum atomic E-state index is -0.337. The first-order valence-electron chi connectivity index (χ1n) is 10.7. The number of hydrogen-bond donors (Lipinski definition) is 0. The van der Waals surface area contributed by atoms with Gasteiger partial charge in [-0.1, -0.05) is 67.6 Å². The van der Waals surface area contributed by atoms with E-state index in [1.165, 1.54) is 4.57 Å². The van der Waals surface area contributed by atoms with Gasteiger partial charge in [0.2, 0.25) is 5.95 Å². The van der Waals surface area contributed by atoms with Gasteiger partial charge in [-0.25, -0.2) is 9.80 Å². The smallest absolute Gasteiger partial charge is 0.297 e. The zero-order valence-electron chi connectivity index (χ0n) is 18.1. The van der Waals surface area contributed by atoms with Crippen molar-refractivity contribution in [3.8, 4) is 0 Å². The largest absolute Gasteiger partial charge is 0.333 e. The highest BCUT2D eigenvalue weighted by atomic mass is 16.2. The number of hydrazone groups is 1. The van der Waals surface area contributed by atoms with E-state index in [0.29, 0.717) is 43.2 Å². The molecular formula is C24H24N6O2. The Morgan fingerprint density at radius 2 is 1.62 bits per heavy atom. The second-order valence-corrected chi connectivity index (χ2v) is 7.92. The Hall–Kier alpha value is -3.94. The van der Waals surface area contributed by atoms with Gasteiger partial charge in [0.1, 0.15) is 0 Å². The zero-order valence-corrected chi connectivity index (χ0v) is 18.1. The van der Waals surface area contributed by atoms with E-state index in [9.17, 15) is 9.59 Å². The summed E-state index contributed by atoms with van der Waals surface area (Å²) < 4.78 is 4.80. The van der Waals surface area contributed by atoms with E-state index in [1.54, 1.807) is 9.58 Å². The molecular weight excluding hydrogens is 404 g/mol. The average Bonchev–Trinajstić information content (AvgIpc) is 3.21. The molecule has 0 spiro atoms. The van der Waals surface area contributed by atoms with Crippen molar-refractivity contribution < 1.29 is 0 Å². The lowest BCUT2D eigenvalue weighted by molar-refractivity contribution is 0.577. The van der Waals surface area contributed by atoms with Crippen LogP contribution in [0.4, 0.5) is 5.95 Å². The fourth-order valence-electron chi connectivity index (χ4n) is 4.19. The maximum Gasteiger partial charge on any atom is 0.333 e. The highest BCUT2D eigenvalue weighted by molar-refractivity contribution is 6.02. The third-order valence-electron chi connectivity index (χ3n) is 5.70. The fourth-order valence-corrected chi connectivity index (χ4v) is 4.19. The quantitative estimate of drug-likeness (QED) is 0.490. The van der Waals surface area contributed by atoms with E-state index < -0.39 is 0 Å². The molecule has 0 atom stereocenters. The van der Waals surface area contributed by atoms with E-state index in [4.69, 9.17) is 4.98 Å². The van der Waals surface area contributed by atoms with Crippen LogP contribution in [-0.2, 0) is 19.6 Å². The van der Waals surface area contributed by atoms with Crippen LogP contribution in [0.2, 0.25) is 0 Å². The van der Waals surface area contributed by atoms with Crippen LogP contribution in [0, 0.1) is 0 Å². The Balaban J connectivity index is 1.74. The number of benzene rings is 2. The van der Waals surface area contributed by atoms with E-state index in [2.05, 4.69) is 5.10 Å². The molecule has 0 fully saturated rings. The summed E-state index contributed by atoms with van der Waals surface area (Å²) in [6, 6.07) is 19.6. The second-order valence-electron chi connectivity index (χ2n) is 7.92. The zero-order chi connectivity index (χ0) is 22.2. The van der Waals surface area contributed by atoms with Gasteiger partial charge < -0.3 is 0 Å². The highest BCUT2D eigenvalue weighted by Gasteiger charge is 2.27. The highest BCUT2D eigenvalue weighted by Crippen LogP contribution is 2.24. The topological polar surface area (TPSA) is 77.4 Å². The minimum Gasteiger partial charge on any atom is -0.297 e. The van der Waals surface area contributed by atoms with E-state index >= 15 is 0 Å². The molecule has 4 aromatic rings. The third kappa shape index (κ3) is 3.24. The number of nitrogens with zero attached hydrogens (tertiary/aromatic N) is 6. The summed E-state index contributed by atoms with van der Waals surface area (Å²) in [7, 11) is 1.81. The first-order valence-corrected chi connectivity index (χ1v) is 10.7. The maximum absolute atomic E-state index is 13.5. The molecule has 0 bridgehead atoms. The first kappa shape index (κ1) is 20.0. The van der Waals surface area contributed by atoms with Gasteiger partial charge in [0.05, 0.1) is 18.8 Å². The molecule has 8 nitrogen and oxygen atoms in total. The van der Waals surface area contributed by atoms with Gasteiger partial charge in [0.15, 0.2) is 11.2 Å². The number of rotatable bonds is 5. The molecule has 1 aliphatic heterocycles. The van der Waals surface area contributed by atoms with Crippen molar-refractivity contribution in [1.29, 1.82) is 0 Å². The number of aromatic nitrogens is 4. The second kappa shape index (κ2) is 7.96. The van der Waals surface area contributed by atoms with Crippen LogP contribution in [0.5, 0.6) is 0 Å². The van der Waals surface area contributed by atoms with Crippen LogP contribution in [0.15, 0.2) is 75.4 Å². The predicted molar refractivity (Wildman–Crippen MR) is 125 cm³/mol. The molecule has 162 valence electrons. The SMILES string of the molecule is CCCn1c(=O)c2c(nc3n2CC(c2ccccc2)=NN3C)n(Cc2ccccc2)c1=O. The van der Waals surface area contributed by atoms with E-state index in [-0.39, 0.29) is 11.2 Å². The predicted octanol–water partition coefficient (Wildman–Crippen LogP) is 2.67. The van der Waals surface area contributed by atoms with Crippen LogP contribution < -0.4 is 16.3 Å². The standard InChI is InChI=1S/C24H24N6O2/c1-3-14-28-22(31)20-21(30(24(28)32)15-17-10-6-4-7-11-17)25-23-27(2)26-19(16-29(20)23)18-12-8-5-9-13-18/h4-13H,3,14-16H2,1-2H3. The van der Waals surface area contributed by atoms with Crippen molar-refractivity contribution >= 4 is 22.8 Å². The third-order valence-corrected chi connectivity index (χ3v) is 5.70. The van der Waals surface area contributed by atoms with Crippen LogP contribution in [-0.4, -0.2) is 31.4 Å². The lowest BCUT2D eigenvalue weighted by Gasteiger charge is -2.22. The van der Waals surface area contributed by atoms with Crippen molar-refractivity contribution in [1.82, 2.24) is 18.7 Å². The van der Waals surface area contributed by atoms with Crippen LogP contribution >= 0.6 is 0 Å². The average molecular weight is 428 g/mol. The van der Waals surface area contributed by atoms with Gasteiger partial charge >= 0.3 is 5.69 Å². The molecule has 0 saturated heterocycles. The number of hydrogen-bond acceptors (Lipinski definition) is 5. The molecule has 0 unspecified atom stereocenters. The van der Waals surface area contributed by atoms with Crippen LogP contribution in [0.25, 0.3) is 11.2 Å². The van der Waals surface area contributed by atoms with Crippen LogP contribution in [0.1, 0.15) is 24.5 Å². The van der Waals surface area contributed by atoms with Crippen molar-refractivity contribution in [3.63, 3.8) is 0 Å². The van der Waals surface area contributed by atoms with Gasteiger partial charge in [-0.15, -0.1) is 0 Å². The molecule has 0 aliphatic carbocycles. The summed E-state index contributed by atoms with van der Waals surface area (Å²) in [5, 5.41) is 6.36. The summed E-state index contributed by atoms with van der Waals surface area (Å²) in [6.45, 7) is 3.06. The Morgan fingerprint density at radius 1 is 0.938 bits per heavy atom. The van der Waals surface area contributed by atoms with E-state index in [1.807, 2.05) is 79.2 Å². The lowest BCUT2D eigenvalue weighted by atomic mass is 10.1. The Labute approximate surface area is 184 Å². The summed E-state index contributed by atoms with van der Waals surface area (Å²) in [4.78, 5) is 31.5.